The van der Waals surface area contributed by atoms with E-state index in [-0.39, 0.29) is 5.91 Å². The molecule has 2 nitrogen and oxygen atoms in total. The van der Waals surface area contributed by atoms with E-state index in [4.69, 9.17) is 0 Å². The van der Waals surface area contributed by atoms with E-state index in [0.29, 0.717) is 11.2 Å². The molecule has 2 aromatic carbocycles. The normalized spacial score (nSPS) is 12.2. The Morgan fingerprint density at radius 3 is 2.30 bits per heavy atom. The molecule has 0 aliphatic carbocycles. The molecule has 0 radical (unpaired) electrons. The van der Waals surface area contributed by atoms with Gasteiger partial charge in [-0.2, -0.15) is 0 Å². The summed E-state index contributed by atoms with van der Waals surface area (Å²) in [6.45, 7) is 8.66. The molecule has 1 amide bonds. The van der Waals surface area contributed by atoms with Gasteiger partial charge in [-0.15, -0.1) is 11.8 Å². The van der Waals surface area contributed by atoms with Crippen LogP contribution < -0.4 is 5.32 Å². The Labute approximate surface area is 143 Å². The molecule has 0 aliphatic rings. The van der Waals surface area contributed by atoms with E-state index in [2.05, 4.69) is 45.1 Å². The third kappa shape index (κ3) is 4.87. The summed E-state index contributed by atoms with van der Waals surface area (Å²) in [7, 11) is 0. The second-order valence-corrected chi connectivity index (χ2v) is 7.67. The molecule has 1 N–H and O–H groups in total. The largest absolute Gasteiger partial charge is 0.322 e. The number of rotatable bonds is 6. The zero-order valence-corrected chi connectivity index (χ0v) is 15.1. The summed E-state index contributed by atoms with van der Waals surface area (Å²) >= 11 is 1.71. The summed E-state index contributed by atoms with van der Waals surface area (Å²) in [6, 6.07) is 15.9. The molecule has 0 heterocycles. The first kappa shape index (κ1) is 17.6. The van der Waals surface area contributed by atoms with Crippen LogP contribution in [-0.2, 0) is 0 Å². The van der Waals surface area contributed by atoms with Crippen LogP contribution in [0.4, 0.5) is 5.69 Å². The summed E-state index contributed by atoms with van der Waals surface area (Å²) in [5.41, 5.74) is 2.88. The average molecular weight is 327 g/mol. The Morgan fingerprint density at radius 2 is 1.70 bits per heavy atom. The van der Waals surface area contributed by atoms with Gasteiger partial charge in [0, 0.05) is 15.8 Å². The third-order valence-electron chi connectivity index (χ3n) is 3.84. The van der Waals surface area contributed by atoms with Gasteiger partial charge in [0.1, 0.15) is 0 Å². The Bertz CT molecular complexity index is 649. The van der Waals surface area contributed by atoms with Gasteiger partial charge in [0.15, 0.2) is 0 Å². The summed E-state index contributed by atoms with van der Waals surface area (Å²) < 4.78 is 0. The Morgan fingerprint density at radius 1 is 1.04 bits per heavy atom. The van der Waals surface area contributed by atoms with Gasteiger partial charge >= 0.3 is 0 Å². The van der Waals surface area contributed by atoms with Crippen molar-refractivity contribution in [1.29, 1.82) is 0 Å². The van der Waals surface area contributed by atoms with E-state index in [9.17, 15) is 4.79 Å². The van der Waals surface area contributed by atoms with Crippen LogP contribution in [0.3, 0.4) is 0 Å². The molecule has 0 spiro atoms. The lowest BCUT2D eigenvalue weighted by Crippen LogP contribution is -2.13. The Kier molecular flexibility index (Phi) is 6.28. The first-order valence-corrected chi connectivity index (χ1v) is 9.06. The van der Waals surface area contributed by atoms with Gasteiger partial charge < -0.3 is 5.32 Å². The quantitative estimate of drug-likeness (QED) is 0.664. The van der Waals surface area contributed by atoms with Gasteiger partial charge in [-0.3, -0.25) is 4.79 Å². The standard InChI is InChI=1S/C20H25NOS/c1-5-15(4)16-10-12-17(13-11-16)21-20(22)18-8-6-7-9-19(18)23-14(2)3/h6-15H,5H2,1-4H3,(H,21,22). The van der Waals surface area contributed by atoms with E-state index in [1.807, 2.05) is 36.4 Å². The highest BCUT2D eigenvalue weighted by Gasteiger charge is 2.13. The lowest BCUT2D eigenvalue weighted by atomic mass is 9.98. The van der Waals surface area contributed by atoms with Crippen molar-refractivity contribution in [3.05, 3.63) is 59.7 Å². The number of benzene rings is 2. The van der Waals surface area contributed by atoms with Crippen LogP contribution in [0.25, 0.3) is 0 Å². The van der Waals surface area contributed by atoms with E-state index < -0.39 is 0 Å². The monoisotopic (exact) mass is 327 g/mol. The maximum atomic E-state index is 12.6. The van der Waals surface area contributed by atoms with Crippen molar-refractivity contribution >= 4 is 23.4 Å². The van der Waals surface area contributed by atoms with Crippen molar-refractivity contribution in [1.82, 2.24) is 0 Å². The van der Waals surface area contributed by atoms with Crippen LogP contribution >= 0.6 is 11.8 Å². The lowest BCUT2D eigenvalue weighted by Gasteiger charge is -2.13. The number of nitrogens with one attached hydrogen (secondary N) is 1. The Balaban J connectivity index is 2.13. The number of hydrogen-bond acceptors (Lipinski definition) is 2. The van der Waals surface area contributed by atoms with Gasteiger partial charge in [0.05, 0.1) is 5.56 Å². The van der Waals surface area contributed by atoms with Crippen LogP contribution in [0.1, 0.15) is 56.0 Å². The zero-order chi connectivity index (χ0) is 16.8. The van der Waals surface area contributed by atoms with Gasteiger partial charge in [-0.1, -0.05) is 52.0 Å². The van der Waals surface area contributed by atoms with Crippen molar-refractivity contribution in [2.75, 3.05) is 5.32 Å². The van der Waals surface area contributed by atoms with Crippen LogP contribution in [-0.4, -0.2) is 11.2 Å². The fourth-order valence-corrected chi connectivity index (χ4v) is 3.29. The number of hydrogen-bond donors (Lipinski definition) is 1. The topological polar surface area (TPSA) is 29.1 Å². The smallest absolute Gasteiger partial charge is 0.256 e. The maximum absolute atomic E-state index is 12.6. The fraction of sp³-hybridized carbons (Fsp3) is 0.350. The zero-order valence-electron chi connectivity index (χ0n) is 14.3. The summed E-state index contributed by atoms with van der Waals surface area (Å²) in [6.07, 6.45) is 1.12. The second-order valence-electron chi connectivity index (χ2n) is 6.05. The third-order valence-corrected chi connectivity index (χ3v) is 4.93. The highest BCUT2D eigenvalue weighted by Crippen LogP contribution is 2.27. The molecule has 1 atom stereocenters. The molecule has 23 heavy (non-hydrogen) atoms. The van der Waals surface area contributed by atoms with Crippen molar-refractivity contribution in [3.8, 4) is 0 Å². The highest BCUT2D eigenvalue weighted by atomic mass is 32.2. The molecule has 0 saturated heterocycles. The van der Waals surface area contributed by atoms with Crippen LogP contribution in [0.5, 0.6) is 0 Å². The lowest BCUT2D eigenvalue weighted by molar-refractivity contribution is 0.102. The minimum atomic E-state index is -0.0509. The van der Waals surface area contributed by atoms with E-state index in [1.54, 1.807) is 11.8 Å². The predicted molar refractivity (Wildman–Crippen MR) is 101 cm³/mol. The van der Waals surface area contributed by atoms with Gasteiger partial charge in [0.2, 0.25) is 0 Å². The second kappa shape index (κ2) is 8.21. The van der Waals surface area contributed by atoms with E-state index in [1.165, 1.54) is 5.56 Å². The van der Waals surface area contributed by atoms with E-state index >= 15 is 0 Å². The first-order chi connectivity index (χ1) is 11.0. The molecule has 0 fully saturated rings. The molecular weight excluding hydrogens is 302 g/mol. The molecule has 0 saturated carbocycles. The first-order valence-electron chi connectivity index (χ1n) is 8.18. The van der Waals surface area contributed by atoms with E-state index in [0.717, 1.165) is 22.6 Å². The number of amides is 1. The fourth-order valence-electron chi connectivity index (χ4n) is 2.34. The van der Waals surface area contributed by atoms with Crippen molar-refractivity contribution < 1.29 is 4.79 Å². The maximum Gasteiger partial charge on any atom is 0.256 e. The molecule has 0 aliphatic heterocycles. The Hall–Kier alpha value is -1.74. The number of anilines is 1. The van der Waals surface area contributed by atoms with Crippen molar-refractivity contribution in [2.45, 2.75) is 50.2 Å². The van der Waals surface area contributed by atoms with Crippen LogP contribution in [0.2, 0.25) is 0 Å². The van der Waals surface area contributed by atoms with Crippen LogP contribution in [0.15, 0.2) is 53.4 Å². The molecule has 2 rings (SSSR count). The number of thioether (sulfide) groups is 1. The summed E-state index contributed by atoms with van der Waals surface area (Å²) in [4.78, 5) is 13.6. The highest BCUT2D eigenvalue weighted by molar-refractivity contribution is 8.00. The number of carbonyl (C=O) groups excluding carboxylic acids is 1. The van der Waals surface area contributed by atoms with Gasteiger partial charge in [0.25, 0.3) is 5.91 Å². The van der Waals surface area contributed by atoms with Crippen LogP contribution in [0, 0.1) is 0 Å². The average Bonchev–Trinajstić information content (AvgIpc) is 2.54. The van der Waals surface area contributed by atoms with Gasteiger partial charge in [-0.25, -0.2) is 0 Å². The van der Waals surface area contributed by atoms with Gasteiger partial charge in [-0.05, 0) is 42.2 Å². The molecule has 0 bridgehead atoms. The summed E-state index contributed by atoms with van der Waals surface area (Å²) in [5.74, 6) is 0.493. The molecule has 3 heteroatoms. The molecule has 2 aromatic rings. The SMILES string of the molecule is CCC(C)c1ccc(NC(=O)c2ccccc2SC(C)C)cc1. The molecule has 0 aromatic heterocycles. The minimum absolute atomic E-state index is 0.0509. The minimum Gasteiger partial charge on any atom is -0.322 e. The van der Waals surface area contributed by atoms with Crippen molar-refractivity contribution in [3.63, 3.8) is 0 Å². The molecule has 122 valence electrons. The van der Waals surface area contributed by atoms with Crippen molar-refractivity contribution in [2.24, 2.45) is 0 Å². The number of carbonyl (C=O) groups is 1. The molecule has 1 unspecified atom stereocenters. The summed E-state index contributed by atoms with van der Waals surface area (Å²) in [5, 5.41) is 3.45. The molecular formula is C20H25NOS. The predicted octanol–water partition coefficient (Wildman–Crippen LogP) is 5.95.